The molecule has 1 aliphatic heterocycles. The van der Waals surface area contributed by atoms with Crippen molar-refractivity contribution in [2.24, 2.45) is 0 Å². The molecule has 13 heteroatoms. The van der Waals surface area contributed by atoms with Gasteiger partial charge in [-0.1, -0.05) is 47.4 Å². The quantitative estimate of drug-likeness (QED) is 0.132. The fourth-order valence-corrected chi connectivity index (χ4v) is 6.90. The molecule has 0 radical (unpaired) electrons. The van der Waals surface area contributed by atoms with Crippen LogP contribution in [0, 0.1) is 5.82 Å². The second kappa shape index (κ2) is 10.8. The van der Waals surface area contributed by atoms with Crippen molar-refractivity contribution >= 4 is 67.2 Å². The van der Waals surface area contributed by atoms with Gasteiger partial charge in [-0.3, -0.25) is 14.5 Å². The van der Waals surface area contributed by atoms with Crippen LogP contribution in [-0.4, -0.2) is 39.2 Å². The van der Waals surface area contributed by atoms with Crippen LogP contribution in [0.4, 0.5) is 9.52 Å². The number of phenolic OH excluding ortho intramolecular Hbond substituents is 1. The van der Waals surface area contributed by atoms with E-state index in [1.807, 2.05) is 0 Å². The Morgan fingerprint density at radius 2 is 2.00 bits per heavy atom. The third-order valence-electron chi connectivity index (χ3n) is 5.70. The summed E-state index contributed by atoms with van der Waals surface area (Å²) in [7, 11) is 1.37. The van der Waals surface area contributed by atoms with Crippen LogP contribution in [0.15, 0.2) is 74.1 Å². The average Bonchev–Trinajstić information content (AvgIpc) is 3.66. The Labute approximate surface area is 236 Å². The molecule has 0 spiro atoms. The number of carbonyl (C=O) groups is 2. The number of aliphatic hydroxyl groups excluding tert-OH is 1. The molecule has 1 aliphatic rings. The summed E-state index contributed by atoms with van der Waals surface area (Å²) in [5.74, 6) is -2.12. The van der Waals surface area contributed by atoms with Gasteiger partial charge in [0.25, 0.3) is 5.91 Å². The maximum atomic E-state index is 14.0. The number of benzene rings is 2. The maximum absolute atomic E-state index is 14.0. The summed E-state index contributed by atoms with van der Waals surface area (Å²) in [6, 6.07) is 11.6. The highest BCUT2D eigenvalue weighted by atomic mass is 79.9. The molecule has 8 nitrogen and oxygen atoms in total. The first-order valence-electron chi connectivity index (χ1n) is 10.9. The van der Waals surface area contributed by atoms with Crippen molar-refractivity contribution in [1.82, 2.24) is 10.2 Å². The third-order valence-corrected chi connectivity index (χ3v) is 9.27. The number of nitrogens with zero attached hydrogens (tertiary/aromatic N) is 3. The number of Topliss-reactive ketones (excluding diaryl/α,β-unsaturated/α-hetero) is 1. The number of thiophene rings is 1. The zero-order chi connectivity index (χ0) is 27.0. The Hall–Kier alpha value is -3.26. The topological polar surface area (TPSA) is 113 Å². The minimum atomic E-state index is -1.08. The number of hydrogen-bond donors (Lipinski definition) is 2. The van der Waals surface area contributed by atoms with Gasteiger partial charge in [-0.05, 0) is 56.7 Å². The number of aliphatic hydroxyl groups is 1. The second-order valence-corrected chi connectivity index (χ2v) is 11.9. The van der Waals surface area contributed by atoms with E-state index >= 15 is 0 Å². The molecule has 0 bridgehead atoms. The van der Waals surface area contributed by atoms with E-state index in [4.69, 9.17) is 4.74 Å². The number of amides is 1. The van der Waals surface area contributed by atoms with Gasteiger partial charge in [-0.15, -0.1) is 21.5 Å². The molecule has 194 valence electrons. The number of methoxy groups -OCH3 is 1. The number of thioether (sulfide) groups is 1. The van der Waals surface area contributed by atoms with Crippen molar-refractivity contribution in [2.75, 3.05) is 12.0 Å². The highest BCUT2D eigenvalue weighted by Gasteiger charge is 2.46. The Bertz CT molecular complexity index is 1570. The van der Waals surface area contributed by atoms with Crippen LogP contribution in [0.3, 0.4) is 0 Å². The summed E-state index contributed by atoms with van der Waals surface area (Å²) < 4.78 is 20.1. The first-order chi connectivity index (χ1) is 18.3. The number of carbonyl (C=O) groups excluding carboxylic acids is 2. The summed E-state index contributed by atoms with van der Waals surface area (Å²) in [6.45, 7) is 0. The monoisotopic (exact) mass is 633 g/mol. The van der Waals surface area contributed by atoms with Gasteiger partial charge in [-0.2, -0.15) is 0 Å². The predicted molar refractivity (Wildman–Crippen MR) is 147 cm³/mol. The predicted octanol–water partition coefficient (Wildman–Crippen LogP) is 6.29. The smallest absolute Gasteiger partial charge is 0.296 e. The van der Waals surface area contributed by atoms with E-state index in [2.05, 4.69) is 26.1 Å². The van der Waals surface area contributed by atoms with Gasteiger partial charge in [0.1, 0.15) is 5.82 Å². The molecule has 38 heavy (non-hydrogen) atoms. The summed E-state index contributed by atoms with van der Waals surface area (Å²) in [5.41, 5.74) is 0.751. The molecule has 2 aromatic carbocycles. The lowest BCUT2D eigenvalue weighted by atomic mass is 9.95. The van der Waals surface area contributed by atoms with Gasteiger partial charge in [0.15, 0.2) is 21.6 Å². The highest BCUT2D eigenvalue weighted by molar-refractivity contribution is 9.10. The van der Waals surface area contributed by atoms with Crippen molar-refractivity contribution in [3.05, 3.63) is 91.5 Å². The number of aromatic hydroxyl groups is 1. The van der Waals surface area contributed by atoms with Crippen molar-refractivity contribution < 1.29 is 28.9 Å². The molecular formula is C25H17BrFN3O5S3. The standard InChI is InChI=1S/C25H17BrFN3O5S3/c1-35-16-10-13(9-14(26)20(16)31)19-18(21(32)17-7-4-8-36-17)22(33)23(34)30(19)24-28-29-25(38-24)37-11-12-5-2-3-6-15(12)27/h2-10,19,31,33H,11H2,1H3. The molecular weight excluding hydrogens is 617 g/mol. The van der Waals surface area contributed by atoms with Gasteiger partial charge in [0.05, 0.1) is 28.1 Å². The van der Waals surface area contributed by atoms with E-state index in [1.54, 1.807) is 35.7 Å². The zero-order valence-electron chi connectivity index (χ0n) is 19.4. The minimum absolute atomic E-state index is 0.106. The molecule has 0 saturated carbocycles. The van der Waals surface area contributed by atoms with Gasteiger partial charge in [-0.25, -0.2) is 4.39 Å². The first kappa shape index (κ1) is 26.4. The fraction of sp³-hybridized carbons (Fsp3) is 0.120. The lowest BCUT2D eigenvalue weighted by Gasteiger charge is -2.24. The van der Waals surface area contributed by atoms with Gasteiger partial charge in [0, 0.05) is 5.75 Å². The van der Waals surface area contributed by atoms with Crippen LogP contribution in [0.2, 0.25) is 0 Å². The molecule has 5 rings (SSSR count). The minimum Gasteiger partial charge on any atom is -0.503 e. The van der Waals surface area contributed by atoms with E-state index in [0.717, 1.165) is 11.3 Å². The van der Waals surface area contributed by atoms with Crippen LogP contribution >= 0.6 is 50.4 Å². The van der Waals surface area contributed by atoms with Crippen LogP contribution in [0.5, 0.6) is 11.5 Å². The van der Waals surface area contributed by atoms with Crippen LogP contribution < -0.4 is 9.64 Å². The summed E-state index contributed by atoms with van der Waals surface area (Å²) in [5, 5.41) is 31.4. The summed E-state index contributed by atoms with van der Waals surface area (Å²) in [4.78, 5) is 28.4. The van der Waals surface area contributed by atoms with Crippen molar-refractivity contribution in [3.63, 3.8) is 0 Å². The van der Waals surface area contributed by atoms with Crippen molar-refractivity contribution in [3.8, 4) is 11.5 Å². The van der Waals surface area contributed by atoms with Crippen molar-refractivity contribution in [1.29, 1.82) is 0 Å². The molecule has 1 unspecified atom stereocenters. The second-order valence-electron chi connectivity index (χ2n) is 7.93. The summed E-state index contributed by atoms with van der Waals surface area (Å²) in [6.07, 6.45) is 0. The zero-order valence-corrected chi connectivity index (χ0v) is 23.5. The number of aromatic nitrogens is 2. The van der Waals surface area contributed by atoms with Crippen LogP contribution in [-0.2, 0) is 10.5 Å². The highest BCUT2D eigenvalue weighted by Crippen LogP contribution is 2.47. The Balaban J connectivity index is 1.55. The van der Waals surface area contributed by atoms with Gasteiger partial charge >= 0.3 is 0 Å². The molecule has 0 saturated heterocycles. The van der Waals surface area contributed by atoms with E-state index in [1.165, 1.54) is 53.3 Å². The molecule has 4 aromatic rings. The van der Waals surface area contributed by atoms with Gasteiger partial charge in [0.2, 0.25) is 10.9 Å². The number of halogens is 2. The Kier molecular flexibility index (Phi) is 7.52. The van der Waals surface area contributed by atoms with E-state index in [9.17, 15) is 24.2 Å². The first-order valence-corrected chi connectivity index (χ1v) is 14.4. The number of rotatable bonds is 8. The van der Waals surface area contributed by atoms with E-state index in [-0.39, 0.29) is 32.5 Å². The largest absolute Gasteiger partial charge is 0.503 e. The number of hydrogen-bond acceptors (Lipinski definition) is 10. The van der Waals surface area contributed by atoms with Crippen molar-refractivity contribution in [2.45, 2.75) is 16.1 Å². The molecule has 0 aliphatic carbocycles. The molecule has 2 N–H and O–H groups in total. The molecule has 0 fully saturated rings. The lowest BCUT2D eigenvalue weighted by molar-refractivity contribution is -0.117. The lowest BCUT2D eigenvalue weighted by Crippen LogP contribution is -2.31. The number of anilines is 1. The SMILES string of the molecule is COc1cc(C2C(C(=O)c3cccs3)=C(O)C(=O)N2c2nnc(SCc3ccccc3F)s2)cc(Br)c1O. The van der Waals surface area contributed by atoms with Crippen LogP contribution in [0.1, 0.15) is 26.8 Å². The molecule has 1 atom stereocenters. The molecule has 3 heterocycles. The number of ether oxygens (including phenoxy) is 1. The molecule has 2 aromatic heterocycles. The van der Waals surface area contributed by atoms with E-state index in [0.29, 0.717) is 26.1 Å². The fourth-order valence-electron chi connectivity index (χ4n) is 3.91. The number of ketones is 1. The average molecular weight is 635 g/mol. The normalized spacial score (nSPS) is 15.4. The molecule has 1 amide bonds. The Morgan fingerprint density at radius 3 is 2.71 bits per heavy atom. The third kappa shape index (κ3) is 4.82. The Morgan fingerprint density at radius 1 is 1.21 bits per heavy atom. The van der Waals surface area contributed by atoms with Crippen LogP contribution in [0.25, 0.3) is 0 Å². The number of phenols is 1. The maximum Gasteiger partial charge on any atom is 0.296 e. The summed E-state index contributed by atoms with van der Waals surface area (Å²) >= 11 is 6.79. The van der Waals surface area contributed by atoms with E-state index < -0.39 is 23.5 Å². The van der Waals surface area contributed by atoms with Gasteiger partial charge < -0.3 is 14.9 Å².